The van der Waals surface area contributed by atoms with Crippen molar-refractivity contribution < 1.29 is 0 Å². The first kappa shape index (κ1) is 9.01. The molecule has 0 amide bonds. The van der Waals surface area contributed by atoms with Crippen LogP contribution in [0.1, 0.15) is 27.7 Å². The van der Waals surface area contributed by atoms with Crippen LogP contribution in [-0.4, -0.2) is 36.1 Å². The molecule has 2 nitrogen and oxygen atoms in total. The van der Waals surface area contributed by atoms with Crippen molar-refractivity contribution in [1.82, 2.24) is 10.2 Å². The molecule has 1 aliphatic heterocycles. The quantitative estimate of drug-likeness (QED) is 0.611. The van der Waals surface area contributed by atoms with Crippen molar-refractivity contribution in [3.8, 4) is 0 Å². The minimum absolute atomic E-state index is 0.661. The van der Waals surface area contributed by atoms with E-state index in [9.17, 15) is 0 Å². The SMILES string of the molecule is CC(C)N1C[C@@H](C)NC[C@@H]1C. The second kappa shape index (κ2) is 3.55. The Hall–Kier alpha value is -0.0800. The Bertz CT molecular complexity index is 123. The molecule has 0 aliphatic carbocycles. The van der Waals surface area contributed by atoms with E-state index in [1.54, 1.807) is 0 Å². The van der Waals surface area contributed by atoms with E-state index in [0.29, 0.717) is 18.1 Å². The third-order valence-corrected chi connectivity index (χ3v) is 2.48. The summed E-state index contributed by atoms with van der Waals surface area (Å²) in [6, 6.07) is 2.05. The average molecular weight is 156 g/mol. The number of hydrogen-bond acceptors (Lipinski definition) is 2. The smallest absolute Gasteiger partial charge is 0.0195 e. The van der Waals surface area contributed by atoms with Crippen LogP contribution >= 0.6 is 0 Å². The predicted molar refractivity (Wildman–Crippen MR) is 48.8 cm³/mol. The summed E-state index contributed by atoms with van der Waals surface area (Å²) in [5.74, 6) is 0. The van der Waals surface area contributed by atoms with Gasteiger partial charge in [0.05, 0.1) is 0 Å². The third-order valence-electron chi connectivity index (χ3n) is 2.48. The lowest BCUT2D eigenvalue weighted by molar-refractivity contribution is 0.112. The Morgan fingerprint density at radius 3 is 2.45 bits per heavy atom. The summed E-state index contributed by atoms with van der Waals surface area (Å²) in [5, 5.41) is 3.47. The maximum atomic E-state index is 3.47. The van der Waals surface area contributed by atoms with Gasteiger partial charge >= 0.3 is 0 Å². The summed E-state index contributed by atoms with van der Waals surface area (Å²) in [7, 11) is 0. The van der Waals surface area contributed by atoms with Gasteiger partial charge in [-0.3, -0.25) is 4.90 Å². The molecule has 0 aromatic rings. The van der Waals surface area contributed by atoms with Crippen molar-refractivity contribution >= 4 is 0 Å². The molecular weight excluding hydrogens is 136 g/mol. The van der Waals surface area contributed by atoms with Crippen LogP contribution in [0.15, 0.2) is 0 Å². The Morgan fingerprint density at radius 1 is 1.36 bits per heavy atom. The van der Waals surface area contributed by atoms with E-state index in [1.807, 2.05) is 0 Å². The lowest BCUT2D eigenvalue weighted by Gasteiger charge is -2.40. The van der Waals surface area contributed by atoms with Gasteiger partial charge in [-0.25, -0.2) is 0 Å². The molecule has 0 radical (unpaired) electrons. The van der Waals surface area contributed by atoms with Crippen LogP contribution in [0.3, 0.4) is 0 Å². The maximum Gasteiger partial charge on any atom is 0.0195 e. The normalized spacial score (nSPS) is 34.6. The van der Waals surface area contributed by atoms with Crippen molar-refractivity contribution in [1.29, 1.82) is 0 Å². The third kappa shape index (κ3) is 2.17. The minimum atomic E-state index is 0.661. The second-order valence-electron chi connectivity index (χ2n) is 3.95. The molecule has 0 bridgehead atoms. The van der Waals surface area contributed by atoms with Crippen LogP contribution in [0, 0.1) is 0 Å². The average Bonchev–Trinajstić information content (AvgIpc) is 1.94. The zero-order valence-corrected chi connectivity index (χ0v) is 8.09. The number of nitrogens with zero attached hydrogens (tertiary/aromatic N) is 1. The number of piperazine rings is 1. The molecule has 1 fully saturated rings. The Kier molecular flexibility index (Phi) is 2.90. The topological polar surface area (TPSA) is 15.3 Å². The predicted octanol–water partition coefficient (Wildman–Crippen LogP) is 1.08. The highest BCUT2D eigenvalue weighted by atomic mass is 15.2. The maximum absolute atomic E-state index is 3.47. The van der Waals surface area contributed by atoms with Gasteiger partial charge in [0.1, 0.15) is 0 Å². The van der Waals surface area contributed by atoms with E-state index >= 15 is 0 Å². The molecule has 2 heteroatoms. The molecule has 2 atom stereocenters. The highest BCUT2D eigenvalue weighted by Gasteiger charge is 2.23. The highest BCUT2D eigenvalue weighted by Crippen LogP contribution is 2.09. The van der Waals surface area contributed by atoms with Crippen LogP contribution in [0.5, 0.6) is 0 Å². The van der Waals surface area contributed by atoms with E-state index in [-0.39, 0.29) is 0 Å². The van der Waals surface area contributed by atoms with Crippen LogP contribution in [0.2, 0.25) is 0 Å². The molecule has 0 spiro atoms. The van der Waals surface area contributed by atoms with Gasteiger partial charge in [0.2, 0.25) is 0 Å². The molecule has 11 heavy (non-hydrogen) atoms. The molecule has 1 saturated heterocycles. The summed E-state index contributed by atoms with van der Waals surface area (Å²) in [6.07, 6.45) is 0. The molecule has 0 aromatic heterocycles. The fraction of sp³-hybridized carbons (Fsp3) is 1.00. The van der Waals surface area contributed by atoms with Gasteiger partial charge in [-0.2, -0.15) is 0 Å². The molecule has 66 valence electrons. The summed E-state index contributed by atoms with van der Waals surface area (Å²) >= 11 is 0. The molecule has 0 aromatic carbocycles. The summed E-state index contributed by atoms with van der Waals surface area (Å²) in [6.45, 7) is 11.4. The van der Waals surface area contributed by atoms with Crippen LogP contribution in [0.4, 0.5) is 0 Å². The van der Waals surface area contributed by atoms with E-state index in [0.717, 1.165) is 6.54 Å². The highest BCUT2D eigenvalue weighted by molar-refractivity contribution is 4.82. The Labute approximate surface area is 70.0 Å². The van der Waals surface area contributed by atoms with Crippen LogP contribution < -0.4 is 5.32 Å². The lowest BCUT2D eigenvalue weighted by Crippen LogP contribution is -2.56. The van der Waals surface area contributed by atoms with Crippen molar-refractivity contribution in [2.45, 2.75) is 45.8 Å². The fourth-order valence-electron chi connectivity index (χ4n) is 1.77. The molecule has 0 unspecified atom stereocenters. The van der Waals surface area contributed by atoms with Crippen molar-refractivity contribution in [2.24, 2.45) is 0 Å². The van der Waals surface area contributed by atoms with E-state index < -0.39 is 0 Å². The largest absolute Gasteiger partial charge is 0.311 e. The lowest BCUT2D eigenvalue weighted by atomic mass is 10.1. The van der Waals surface area contributed by atoms with Gasteiger partial charge in [-0.15, -0.1) is 0 Å². The second-order valence-corrected chi connectivity index (χ2v) is 3.95. The van der Waals surface area contributed by atoms with Gasteiger partial charge in [0.25, 0.3) is 0 Å². The molecule has 1 N–H and O–H groups in total. The summed E-state index contributed by atoms with van der Waals surface area (Å²) in [4.78, 5) is 2.56. The van der Waals surface area contributed by atoms with E-state index in [2.05, 4.69) is 37.9 Å². The molecular formula is C9H20N2. The summed E-state index contributed by atoms with van der Waals surface area (Å²) in [5.41, 5.74) is 0. The monoisotopic (exact) mass is 156 g/mol. The first-order chi connectivity index (χ1) is 5.11. The van der Waals surface area contributed by atoms with Gasteiger partial charge in [-0.1, -0.05) is 0 Å². The molecule has 1 aliphatic rings. The molecule has 1 heterocycles. The van der Waals surface area contributed by atoms with E-state index in [4.69, 9.17) is 0 Å². The molecule has 1 rings (SSSR count). The summed E-state index contributed by atoms with van der Waals surface area (Å²) < 4.78 is 0. The van der Waals surface area contributed by atoms with E-state index in [1.165, 1.54) is 6.54 Å². The van der Waals surface area contributed by atoms with Gasteiger partial charge in [0, 0.05) is 31.2 Å². The van der Waals surface area contributed by atoms with Crippen LogP contribution in [0.25, 0.3) is 0 Å². The van der Waals surface area contributed by atoms with Crippen molar-refractivity contribution in [2.75, 3.05) is 13.1 Å². The van der Waals surface area contributed by atoms with Crippen molar-refractivity contribution in [3.63, 3.8) is 0 Å². The van der Waals surface area contributed by atoms with Gasteiger partial charge < -0.3 is 5.32 Å². The number of hydrogen-bond donors (Lipinski definition) is 1. The molecule has 0 saturated carbocycles. The minimum Gasteiger partial charge on any atom is -0.311 e. The zero-order valence-electron chi connectivity index (χ0n) is 8.09. The first-order valence-corrected chi connectivity index (χ1v) is 4.60. The zero-order chi connectivity index (χ0) is 8.43. The van der Waals surface area contributed by atoms with Gasteiger partial charge in [0.15, 0.2) is 0 Å². The standard InChI is InChI=1S/C9H20N2/c1-7(2)11-6-8(3)10-5-9(11)4/h7-10H,5-6H2,1-4H3/t8-,9+/m1/s1. The number of rotatable bonds is 1. The first-order valence-electron chi connectivity index (χ1n) is 4.60. The van der Waals surface area contributed by atoms with Crippen LogP contribution in [-0.2, 0) is 0 Å². The Morgan fingerprint density at radius 2 is 2.00 bits per heavy atom. The van der Waals surface area contributed by atoms with Crippen molar-refractivity contribution in [3.05, 3.63) is 0 Å². The van der Waals surface area contributed by atoms with Gasteiger partial charge in [-0.05, 0) is 27.7 Å². The number of nitrogens with one attached hydrogen (secondary N) is 1. The Balaban J connectivity index is 2.47. The fourth-order valence-corrected chi connectivity index (χ4v) is 1.77.